The number of nitrogens with zero attached hydrogens (tertiary/aromatic N) is 1. The topological polar surface area (TPSA) is 52.0 Å². The van der Waals surface area contributed by atoms with Gasteiger partial charge in [-0.3, -0.25) is 4.79 Å². The Hall–Kier alpha value is -1.62. The average molecular weight is 280 g/mol. The smallest absolute Gasteiger partial charge is 0.303 e. The van der Waals surface area contributed by atoms with Gasteiger partial charge in [-0.2, -0.15) is 0 Å². The van der Waals surface area contributed by atoms with E-state index in [4.69, 9.17) is 4.74 Å². The molecule has 4 nitrogen and oxygen atoms in total. The molecule has 1 aromatic heterocycles. The Morgan fingerprint density at radius 2 is 2.37 bits per heavy atom. The van der Waals surface area contributed by atoms with Gasteiger partial charge in [-0.15, -0.1) is 11.3 Å². The number of hydrogen-bond donors (Lipinski definition) is 0. The first-order valence-electron chi connectivity index (χ1n) is 6.19. The van der Waals surface area contributed by atoms with Crippen molar-refractivity contribution >= 4 is 23.4 Å². The summed E-state index contributed by atoms with van der Waals surface area (Å²) in [5.74, 6) is -0.257. The SMILES string of the molecule is CC(=O)O[C@@H]1C=C[OH+][C@H](/C(C)=C/c2csc(C)n2)C1. The highest BCUT2D eigenvalue weighted by molar-refractivity contribution is 7.09. The van der Waals surface area contributed by atoms with Crippen LogP contribution >= 0.6 is 11.3 Å². The van der Waals surface area contributed by atoms with E-state index in [-0.39, 0.29) is 18.2 Å². The Balaban J connectivity index is 2.03. The lowest BCUT2D eigenvalue weighted by Crippen LogP contribution is -2.28. The van der Waals surface area contributed by atoms with Gasteiger partial charge in [0, 0.05) is 24.0 Å². The zero-order chi connectivity index (χ0) is 13.8. The molecule has 2 rings (SSSR count). The number of aryl methyl sites for hydroxylation is 1. The van der Waals surface area contributed by atoms with Gasteiger partial charge in [-0.25, -0.2) is 4.98 Å². The third kappa shape index (κ3) is 3.92. The highest BCUT2D eigenvalue weighted by Gasteiger charge is 2.26. The molecule has 0 radical (unpaired) electrons. The maximum atomic E-state index is 11.0. The molecular formula is C14H18NO3S+. The van der Waals surface area contributed by atoms with E-state index in [0.29, 0.717) is 6.42 Å². The lowest BCUT2D eigenvalue weighted by atomic mass is 10.0. The van der Waals surface area contributed by atoms with Crippen molar-refractivity contribution in [2.45, 2.75) is 39.4 Å². The summed E-state index contributed by atoms with van der Waals surface area (Å²) in [6, 6.07) is 0. The maximum Gasteiger partial charge on any atom is 0.303 e. The van der Waals surface area contributed by atoms with Gasteiger partial charge in [0.2, 0.25) is 12.4 Å². The third-order valence-electron chi connectivity index (χ3n) is 2.88. The third-order valence-corrected chi connectivity index (χ3v) is 3.67. The number of carbonyl (C=O) groups excluding carboxylic acids is 1. The van der Waals surface area contributed by atoms with Gasteiger partial charge in [0.15, 0.2) is 0 Å². The van der Waals surface area contributed by atoms with Gasteiger partial charge in [-0.05, 0) is 19.9 Å². The highest BCUT2D eigenvalue weighted by atomic mass is 32.1. The molecule has 0 unspecified atom stereocenters. The van der Waals surface area contributed by atoms with Gasteiger partial charge in [-0.1, -0.05) is 0 Å². The molecular weight excluding hydrogens is 262 g/mol. The van der Waals surface area contributed by atoms with Crippen LogP contribution in [0.25, 0.3) is 6.08 Å². The summed E-state index contributed by atoms with van der Waals surface area (Å²) < 4.78 is 9.62. The van der Waals surface area contributed by atoms with Crippen molar-refractivity contribution in [3.8, 4) is 0 Å². The van der Waals surface area contributed by atoms with Gasteiger partial charge >= 0.3 is 5.97 Å². The van der Waals surface area contributed by atoms with Crippen molar-refractivity contribution in [1.29, 1.82) is 0 Å². The van der Waals surface area contributed by atoms with Crippen LogP contribution in [0.2, 0.25) is 0 Å². The average Bonchev–Trinajstić information content (AvgIpc) is 2.74. The molecule has 19 heavy (non-hydrogen) atoms. The number of aromatic nitrogens is 1. The molecule has 0 aliphatic carbocycles. The number of aliphatic hydroxyl groups is 2. The number of rotatable bonds is 3. The fraction of sp³-hybridized carbons (Fsp3) is 0.429. The number of thiazole rings is 1. The van der Waals surface area contributed by atoms with Gasteiger partial charge in [0.25, 0.3) is 0 Å². The molecule has 2 heterocycles. The summed E-state index contributed by atoms with van der Waals surface area (Å²) in [5.41, 5.74) is 2.10. The number of hydrogen-bond acceptors (Lipinski definition) is 4. The molecule has 102 valence electrons. The zero-order valence-corrected chi connectivity index (χ0v) is 12.1. The minimum Gasteiger partial charge on any atom is -0.583 e. The monoisotopic (exact) mass is 280 g/mol. The molecule has 1 aliphatic rings. The highest BCUT2D eigenvalue weighted by Crippen LogP contribution is 2.21. The van der Waals surface area contributed by atoms with Crippen LogP contribution in [0, 0.1) is 6.92 Å². The summed E-state index contributed by atoms with van der Waals surface area (Å²) in [7, 11) is 0. The van der Waals surface area contributed by atoms with Crippen LogP contribution in [0.15, 0.2) is 23.3 Å². The van der Waals surface area contributed by atoms with Crippen molar-refractivity contribution in [3.05, 3.63) is 34.0 Å². The lowest BCUT2D eigenvalue weighted by molar-refractivity contribution is -0.147. The first-order chi connectivity index (χ1) is 9.04. The predicted octanol–water partition coefficient (Wildman–Crippen LogP) is 2.60. The number of carbonyl (C=O) groups is 1. The minimum absolute atomic E-state index is 0.0522. The molecule has 0 fully saturated rings. The fourth-order valence-electron chi connectivity index (χ4n) is 1.99. The molecule has 5 heteroatoms. The quantitative estimate of drug-likeness (QED) is 0.631. The zero-order valence-electron chi connectivity index (χ0n) is 11.3. The number of esters is 1. The minimum atomic E-state index is -0.257. The van der Waals surface area contributed by atoms with Crippen LogP contribution in [-0.2, 0) is 9.53 Å². The normalized spacial score (nSPS) is 23.0. The summed E-state index contributed by atoms with van der Waals surface area (Å²) in [4.78, 5) is 15.4. The van der Waals surface area contributed by atoms with Gasteiger partial charge in [0.1, 0.15) is 6.10 Å². The first-order valence-corrected chi connectivity index (χ1v) is 7.06. The van der Waals surface area contributed by atoms with Gasteiger partial charge in [0.05, 0.1) is 17.1 Å². The van der Waals surface area contributed by atoms with E-state index >= 15 is 0 Å². The summed E-state index contributed by atoms with van der Waals surface area (Å²) in [6.07, 6.45) is 6.16. The van der Waals surface area contributed by atoms with E-state index in [9.17, 15) is 4.79 Å². The van der Waals surface area contributed by atoms with Crippen molar-refractivity contribution in [1.82, 2.24) is 4.98 Å². The van der Waals surface area contributed by atoms with E-state index < -0.39 is 0 Å². The molecule has 2 atom stereocenters. The van der Waals surface area contributed by atoms with Crippen molar-refractivity contribution < 1.29 is 14.3 Å². The van der Waals surface area contributed by atoms with Crippen LogP contribution in [0.5, 0.6) is 0 Å². The molecule has 1 aromatic rings. The number of ether oxygens (including phenoxy) is 2. The van der Waals surface area contributed by atoms with Crippen LogP contribution in [-0.4, -0.2) is 27.9 Å². The fourth-order valence-corrected chi connectivity index (χ4v) is 2.56. The molecule has 1 aliphatic heterocycles. The van der Waals surface area contributed by atoms with E-state index in [0.717, 1.165) is 16.3 Å². The molecule has 0 bridgehead atoms. The van der Waals surface area contributed by atoms with Crippen LogP contribution in [0.1, 0.15) is 31.0 Å². The second-order valence-electron chi connectivity index (χ2n) is 4.57. The maximum absolute atomic E-state index is 11.0. The molecule has 0 spiro atoms. The predicted molar refractivity (Wildman–Crippen MR) is 75.8 cm³/mol. The lowest BCUT2D eigenvalue weighted by Gasteiger charge is -2.23. The Morgan fingerprint density at radius 3 is 3.00 bits per heavy atom. The van der Waals surface area contributed by atoms with Crippen LogP contribution < -0.4 is 0 Å². The molecule has 0 amide bonds. The van der Waals surface area contributed by atoms with Crippen LogP contribution in [0.4, 0.5) is 0 Å². The largest absolute Gasteiger partial charge is 0.583 e. The van der Waals surface area contributed by atoms with Gasteiger partial charge < -0.3 is 9.47 Å². The molecule has 0 aromatic carbocycles. The van der Waals surface area contributed by atoms with E-state index in [1.54, 1.807) is 17.6 Å². The molecule has 0 saturated carbocycles. The second-order valence-corrected chi connectivity index (χ2v) is 5.63. The Morgan fingerprint density at radius 1 is 1.58 bits per heavy atom. The van der Waals surface area contributed by atoms with E-state index in [1.807, 2.05) is 31.4 Å². The summed E-state index contributed by atoms with van der Waals surface area (Å²) in [5, 5.41) is 3.08. The van der Waals surface area contributed by atoms with E-state index in [1.165, 1.54) is 6.92 Å². The Labute approximate surface area is 116 Å². The van der Waals surface area contributed by atoms with Crippen molar-refractivity contribution in [2.75, 3.05) is 0 Å². The Bertz CT molecular complexity index is 519. The van der Waals surface area contributed by atoms with Crippen LogP contribution in [0.3, 0.4) is 0 Å². The Kier molecular flexibility index (Phi) is 4.37. The first kappa shape index (κ1) is 13.8. The molecule has 0 saturated heterocycles. The summed E-state index contributed by atoms with van der Waals surface area (Å²) >= 11 is 1.63. The standard InChI is InChI=1S/C14H17NO3S/c1-9(6-12-8-19-10(2)15-12)14-7-13(4-5-17-14)18-11(3)16/h4-6,8,13-14H,7H2,1-3H3/p+1/b9-6+/t13-,14+/m1/s1. The van der Waals surface area contributed by atoms with E-state index in [2.05, 4.69) is 9.72 Å². The molecule has 1 N–H and O–H groups in total. The van der Waals surface area contributed by atoms with Crippen molar-refractivity contribution in [2.24, 2.45) is 0 Å². The summed E-state index contributed by atoms with van der Waals surface area (Å²) in [6.45, 7) is 5.45. The second kappa shape index (κ2) is 6.02. The van der Waals surface area contributed by atoms with Crippen molar-refractivity contribution in [3.63, 3.8) is 0 Å².